The van der Waals surface area contributed by atoms with Gasteiger partial charge in [0.05, 0.1) is 5.39 Å². The number of hydrogen-bond donors (Lipinski definition) is 1. The lowest BCUT2D eigenvalue weighted by Crippen LogP contribution is -2.07. The Morgan fingerprint density at radius 1 is 1.25 bits per heavy atom. The van der Waals surface area contributed by atoms with Crippen LogP contribution in [0.1, 0.15) is 49.9 Å². The van der Waals surface area contributed by atoms with Crippen molar-refractivity contribution >= 4 is 27.4 Å². The van der Waals surface area contributed by atoms with Gasteiger partial charge in [0.2, 0.25) is 0 Å². The van der Waals surface area contributed by atoms with Crippen LogP contribution in [-0.2, 0) is 19.3 Å². The number of fused-ring (bicyclic) bond motifs is 3. The average Bonchev–Trinajstić information content (AvgIpc) is 2.94. The van der Waals surface area contributed by atoms with Crippen LogP contribution in [0.2, 0.25) is 0 Å². The molecule has 20 heavy (non-hydrogen) atoms. The largest absolute Gasteiger partial charge is 0.369 e. The summed E-state index contributed by atoms with van der Waals surface area (Å²) in [6.07, 6.45) is 5.79. The number of aromatic nitrogens is 2. The lowest BCUT2D eigenvalue weighted by atomic mass is 10.1. The second-order valence-electron chi connectivity index (χ2n) is 6.05. The summed E-state index contributed by atoms with van der Waals surface area (Å²) in [5.41, 5.74) is 1.51. The molecule has 1 aliphatic carbocycles. The number of nitrogens with one attached hydrogen (secondary N) is 1. The summed E-state index contributed by atoms with van der Waals surface area (Å²) in [5, 5.41) is 4.83. The van der Waals surface area contributed by atoms with Gasteiger partial charge < -0.3 is 5.32 Å². The molecule has 3 rings (SSSR count). The molecule has 0 aliphatic heterocycles. The summed E-state index contributed by atoms with van der Waals surface area (Å²) in [7, 11) is 0. The first-order chi connectivity index (χ1) is 9.69. The van der Waals surface area contributed by atoms with Crippen molar-refractivity contribution in [2.45, 2.75) is 52.9 Å². The minimum absolute atomic E-state index is 0.596. The molecule has 0 saturated heterocycles. The zero-order valence-corrected chi connectivity index (χ0v) is 13.4. The van der Waals surface area contributed by atoms with Gasteiger partial charge in [-0.05, 0) is 37.2 Å². The molecule has 1 N–H and O–H groups in total. The number of hydrogen-bond acceptors (Lipinski definition) is 4. The first kappa shape index (κ1) is 13.8. The number of thiophene rings is 1. The van der Waals surface area contributed by atoms with Gasteiger partial charge in [-0.25, -0.2) is 9.97 Å². The Balaban J connectivity index is 2.08. The quantitative estimate of drug-likeness (QED) is 0.896. The van der Waals surface area contributed by atoms with Crippen molar-refractivity contribution in [1.29, 1.82) is 0 Å². The fraction of sp³-hybridized carbons (Fsp3) is 0.625. The number of rotatable bonds is 5. The third-order valence-corrected chi connectivity index (χ3v) is 4.93. The molecule has 2 heterocycles. The van der Waals surface area contributed by atoms with Gasteiger partial charge >= 0.3 is 0 Å². The van der Waals surface area contributed by atoms with Crippen LogP contribution < -0.4 is 5.32 Å². The molecule has 0 fully saturated rings. The van der Waals surface area contributed by atoms with E-state index in [4.69, 9.17) is 9.97 Å². The van der Waals surface area contributed by atoms with Crippen LogP contribution in [0.5, 0.6) is 0 Å². The van der Waals surface area contributed by atoms with Gasteiger partial charge in [0.25, 0.3) is 0 Å². The van der Waals surface area contributed by atoms with E-state index in [1.54, 1.807) is 0 Å². The van der Waals surface area contributed by atoms with Crippen molar-refractivity contribution in [3.63, 3.8) is 0 Å². The molecular formula is C16H23N3S. The molecule has 0 amide bonds. The summed E-state index contributed by atoms with van der Waals surface area (Å²) < 4.78 is 0. The van der Waals surface area contributed by atoms with Gasteiger partial charge in [0.1, 0.15) is 16.5 Å². The Bertz CT molecular complexity index is 616. The van der Waals surface area contributed by atoms with Crippen molar-refractivity contribution in [3.05, 3.63) is 16.3 Å². The van der Waals surface area contributed by atoms with Crippen molar-refractivity contribution in [2.24, 2.45) is 5.92 Å². The van der Waals surface area contributed by atoms with Crippen LogP contribution >= 0.6 is 11.3 Å². The van der Waals surface area contributed by atoms with Gasteiger partial charge in [-0.15, -0.1) is 11.3 Å². The molecule has 108 valence electrons. The molecule has 2 aromatic rings. The molecule has 0 unspecified atom stereocenters. The molecule has 0 spiro atoms. The van der Waals surface area contributed by atoms with E-state index in [9.17, 15) is 0 Å². The van der Waals surface area contributed by atoms with Crippen molar-refractivity contribution in [2.75, 3.05) is 11.9 Å². The van der Waals surface area contributed by atoms with Crippen molar-refractivity contribution < 1.29 is 0 Å². The molecule has 0 saturated carbocycles. The summed E-state index contributed by atoms with van der Waals surface area (Å²) in [6, 6.07) is 0. The Morgan fingerprint density at radius 3 is 2.85 bits per heavy atom. The fourth-order valence-electron chi connectivity index (χ4n) is 2.87. The van der Waals surface area contributed by atoms with Crippen LogP contribution in [0.3, 0.4) is 0 Å². The molecule has 0 atom stereocenters. The van der Waals surface area contributed by atoms with Crippen LogP contribution in [-0.4, -0.2) is 16.5 Å². The predicted octanol–water partition coefficient (Wildman–Crippen LogP) is 4.20. The van der Waals surface area contributed by atoms with Gasteiger partial charge in [0.15, 0.2) is 0 Å². The highest BCUT2D eigenvalue weighted by atomic mass is 32.1. The summed E-state index contributed by atoms with van der Waals surface area (Å²) >= 11 is 1.88. The minimum Gasteiger partial charge on any atom is -0.369 e. The molecule has 2 aromatic heterocycles. The maximum absolute atomic E-state index is 4.81. The van der Waals surface area contributed by atoms with E-state index in [0.717, 1.165) is 31.0 Å². The van der Waals surface area contributed by atoms with E-state index in [-0.39, 0.29) is 0 Å². The monoisotopic (exact) mass is 289 g/mol. The smallest absolute Gasteiger partial charge is 0.138 e. The Morgan fingerprint density at radius 2 is 2.10 bits per heavy atom. The Labute approximate surface area is 124 Å². The first-order valence-electron chi connectivity index (χ1n) is 7.74. The Kier molecular flexibility index (Phi) is 3.92. The average molecular weight is 289 g/mol. The molecule has 0 radical (unpaired) electrons. The molecule has 0 aromatic carbocycles. The summed E-state index contributed by atoms with van der Waals surface area (Å²) in [6.45, 7) is 7.62. The fourth-order valence-corrected chi connectivity index (χ4v) is 4.15. The minimum atomic E-state index is 0.596. The second-order valence-corrected chi connectivity index (χ2v) is 7.13. The third kappa shape index (κ3) is 2.53. The highest BCUT2D eigenvalue weighted by molar-refractivity contribution is 7.19. The summed E-state index contributed by atoms with van der Waals surface area (Å²) in [4.78, 5) is 12.4. The standard InChI is InChI=1S/C16H23N3S/c1-4-8-17-15-14-11-6-5-7-12(11)20-16(14)19-13(18-15)9-10(2)3/h10H,4-9H2,1-3H3,(H,17,18,19). The maximum Gasteiger partial charge on any atom is 0.138 e. The van der Waals surface area contributed by atoms with Crippen LogP contribution in [0.15, 0.2) is 0 Å². The normalized spacial score (nSPS) is 14.2. The van der Waals surface area contributed by atoms with E-state index in [2.05, 4.69) is 26.1 Å². The first-order valence-corrected chi connectivity index (χ1v) is 8.55. The van der Waals surface area contributed by atoms with Gasteiger partial charge in [-0.1, -0.05) is 20.8 Å². The Hall–Kier alpha value is -1.16. The van der Waals surface area contributed by atoms with Crippen LogP contribution in [0.25, 0.3) is 10.2 Å². The van der Waals surface area contributed by atoms with Crippen molar-refractivity contribution in [1.82, 2.24) is 9.97 Å². The topological polar surface area (TPSA) is 37.8 Å². The van der Waals surface area contributed by atoms with E-state index >= 15 is 0 Å². The number of aryl methyl sites for hydroxylation is 2. The van der Waals surface area contributed by atoms with E-state index < -0.39 is 0 Å². The van der Waals surface area contributed by atoms with Crippen molar-refractivity contribution in [3.8, 4) is 0 Å². The molecule has 3 nitrogen and oxygen atoms in total. The van der Waals surface area contributed by atoms with E-state index in [1.807, 2.05) is 11.3 Å². The zero-order valence-electron chi connectivity index (χ0n) is 12.6. The predicted molar refractivity (Wildman–Crippen MR) is 86.8 cm³/mol. The molecule has 4 heteroatoms. The van der Waals surface area contributed by atoms with Crippen LogP contribution in [0.4, 0.5) is 5.82 Å². The zero-order chi connectivity index (χ0) is 14.1. The molecule has 0 bridgehead atoms. The number of nitrogens with zero attached hydrogens (tertiary/aromatic N) is 2. The lowest BCUT2D eigenvalue weighted by molar-refractivity contribution is 0.623. The SMILES string of the molecule is CCCNc1nc(CC(C)C)nc2sc3c(c12)CCC3. The maximum atomic E-state index is 4.81. The van der Waals surface area contributed by atoms with Gasteiger partial charge in [-0.3, -0.25) is 0 Å². The highest BCUT2D eigenvalue weighted by Gasteiger charge is 2.22. The third-order valence-electron chi connectivity index (χ3n) is 3.74. The summed E-state index contributed by atoms with van der Waals surface area (Å²) in [5.74, 6) is 2.66. The van der Waals surface area contributed by atoms with Gasteiger partial charge in [0, 0.05) is 17.8 Å². The van der Waals surface area contributed by atoms with Gasteiger partial charge in [-0.2, -0.15) is 0 Å². The highest BCUT2D eigenvalue weighted by Crippen LogP contribution is 2.39. The molecule has 1 aliphatic rings. The molecular weight excluding hydrogens is 266 g/mol. The van der Waals surface area contributed by atoms with E-state index in [0.29, 0.717) is 5.92 Å². The number of anilines is 1. The lowest BCUT2D eigenvalue weighted by Gasteiger charge is -2.10. The second kappa shape index (κ2) is 5.68. The van der Waals surface area contributed by atoms with Crippen LogP contribution in [0, 0.1) is 5.92 Å². The van der Waals surface area contributed by atoms with E-state index in [1.165, 1.54) is 39.9 Å².